The van der Waals surface area contributed by atoms with Gasteiger partial charge < -0.3 is 49.0 Å². The van der Waals surface area contributed by atoms with E-state index in [9.17, 15) is 39.0 Å². The van der Waals surface area contributed by atoms with Crippen LogP contribution in [-0.2, 0) is 28.2 Å². The van der Waals surface area contributed by atoms with Gasteiger partial charge in [0.05, 0.1) is 49.3 Å². The number of nitro benzene ring substituents is 2. The van der Waals surface area contributed by atoms with Crippen molar-refractivity contribution in [2.45, 2.75) is 0 Å². The fourth-order valence-corrected chi connectivity index (χ4v) is 4.49. The van der Waals surface area contributed by atoms with Crippen LogP contribution in [0.4, 0.5) is 49.9 Å². The van der Waals surface area contributed by atoms with Crippen LogP contribution in [0.1, 0.15) is 32.5 Å². The SMILES string of the molecule is Nc1ccccc1C(=O)O.Nc1ccccc1Nc1ccccc1C(=O)O.O=C(O)c1ccccc1Nc1ccccc1[N+](=O)[O-].O=CO[O-].O=S(=O)=S(=O)=O.O=[N+]([O-])c1ccccc1F.[Cs+].[Cs+].[H-].[Na][Na]. The Labute approximate surface area is 547 Å². The molecule has 70 heavy (non-hydrogen) atoms. The zero-order valence-corrected chi connectivity index (χ0v) is 55.4. The molecular formula is C40H35Cs2FN6Na2O17S2. The third-order valence-electron chi connectivity index (χ3n) is 7.31. The molecule has 0 aliphatic rings. The summed E-state index contributed by atoms with van der Waals surface area (Å²) in [4.78, 5) is 63.3. The molecular weight excluding hydrogens is 1230 g/mol. The molecule has 23 nitrogen and oxygen atoms in total. The Morgan fingerprint density at radius 3 is 1.17 bits per heavy atom. The number of anilines is 6. The number of nitrogens with two attached hydrogens (primary N) is 2. The van der Waals surface area contributed by atoms with Gasteiger partial charge in [-0.05, 0) is 60.7 Å². The molecule has 0 spiro atoms. The Morgan fingerprint density at radius 1 is 0.557 bits per heavy atom. The van der Waals surface area contributed by atoms with Gasteiger partial charge in [0, 0.05) is 17.8 Å². The molecule has 0 fully saturated rings. The van der Waals surface area contributed by atoms with E-state index < -0.39 is 57.8 Å². The van der Waals surface area contributed by atoms with Crippen LogP contribution in [0.5, 0.6) is 0 Å². The first-order valence-electron chi connectivity index (χ1n) is 18.4. The molecule has 0 radical (unpaired) electrons. The Morgan fingerprint density at radius 2 is 0.857 bits per heavy atom. The molecule has 0 bridgehead atoms. The predicted octanol–water partition coefficient (Wildman–Crippen LogP) is -1.10. The third-order valence-corrected chi connectivity index (χ3v) is 8.19. The number of nitrogens with zero attached hydrogens (tertiary/aromatic N) is 2. The first-order valence-corrected chi connectivity index (χ1v) is 29.1. The van der Waals surface area contributed by atoms with Gasteiger partial charge in [-0.1, -0.05) is 72.8 Å². The van der Waals surface area contributed by atoms with E-state index in [0.29, 0.717) is 28.4 Å². The molecule has 0 aliphatic carbocycles. The second-order valence-corrected chi connectivity index (χ2v) is 14.0. The minimum atomic E-state index is -2.95. The van der Waals surface area contributed by atoms with Gasteiger partial charge in [0.15, 0.2) is 0 Å². The Hall–Kier alpha value is -3.17. The molecule has 30 heteroatoms. The number of hydrogen-bond acceptors (Lipinski definition) is 18. The first kappa shape index (κ1) is 71.1. The van der Waals surface area contributed by atoms with Crippen LogP contribution in [0.15, 0.2) is 146 Å². The van der Waals surface area contributed by atoms with Crippen LogP contribution >= 0.6 is 0 Å². The van der Waals surface area contributed by atoms with Crippen molar-refractivity contribution < 1.29 is 215 Å². The van der Waals surface area contributed by atoms with Crippen LogP contribution in [0, 0.1) is 26.0 Å². The van der Waals surface area contributed by atoms with Gasteiger partial charge in [0.25, 0.3) is 12.2 Å². The van der Waals surface area contributed by atoms with Crippen LogP contribution in [-0.4, -0.2) is 110 Å². The van der Waals surface area contributed by atoms with Crippen LogP contribution < -0.4 is 165 Å². The monoisotopic (exact) mass is 1270 g/mol. The van der Waals surface area contributed by atoms with E-state index in [4.69, 9.17) is 53.7 Å². The fraction of sp³-hybridized carbons (Fsp3) is 0. The van der Waals surface area contributed by atoms with Crippen LogP contribution in [0.3, 0.4) is 0 Å². The Bertz CT molecular complexity index is 2780. The molecule has 0 aromatic heterocycles. The second-order valence-electron chi connectivity index (χ2n) is 11.5. The molecule has 0 amide bonds. The number of aromatic carboxylic acids is 3. The van der Waals surface area contributed by atoms with Crippen molar-refractivity contribution in [1.29, 1.82) is 0 Å². The Kier molecular flexibility index (Phi) is 42.0. The maximum absolute atomic E-state index is 12.4. The number of carboxylic acids is 3. The average molecular weight is 1270 g/mol. The normalized spacial score (nSPS) is 8.77. The van der Waals surface area contributed by atoms with Crippen molar-refractivity contribution in [3.63, 3.8) is 0 Å². The summed E-state index contributed by atoms with van der Waals surface area (Å²) in [6.45, 7) is -0.181. The van der Waals surface area contributed by atoms with Crippen LogP contribution in [0.25, 0.3) is 0 Å². The quantitative estimate of drug-likeness (QED) is 0.0214. The van der Waals surface area contributed by atoms with E-state index in [1.807, 2.05) is 12.1 Å². The van der Waals surface area contributed by atoms with E-state index in [2.05, 4.69) is 15.5 Å². The number of carbonyl (C=O) groups excluding carboxylic acids is 1. The number of nitro groups is 2. The number of carbonyl (C=O) groups is 4. The molecule has 0 atom stereocenters. The average Bonchev–Trinajstić information content (AvgIpc) is 3.32. The number of para-hydroxylation sites is 8. The molecule has 9 N–H and O–H groups in total. The van der Waals surface area contributed by atoms with Crippen LogP contribution in [0.2, 0.25) is 0 Å². The van der Waals surface area contributed by atoms with E-state index in [-0.39, 0.29) is 174 Å². The molecule has 0 heterocycles. The minimum absolute atomic E-state index is 0. The number of hydrogen-bond donors (Lipinski definition) is 7. The molecule has 6 aromatic rings. The molecule has 0 saturated heterocycles. The van der Waals surface area contributed by atoms with E-state index in [1.165, 1.54) is 80.0 Å². The summed E-state index contributed by atoms with van der Waals surface area (Å²) in [6.07, 6.45) is 0. The summed E-state index contributed by atoms with van der Waals surface area (Å²) >= 11 is 2.89. The predicted molar refractivity (Wildman–Crippen MR) is 246 cm³/mol. The summed E-state index contributed by atoms with van der Waals surface area (Å²) in [5.41, 5.74) is 13.6. The van der Waals surface area contributed by atoms with Crippen molar-refractivity contribution in [2.75, 3.05) is 22.1 Å². The van der Waals surface area contributed by atoms with Gasteiger partial charge in [-0.15, -0.1) is 0 Å². The van der Waals surface area contributed by atoms with E-state index in [0.717, 1.165) is 12.1 Å². The zero-order valence-electron chi connectivity index (χ0n) is 38.2. The van der Waals surface area contributed by atoms with Gasteiger partial charge in [0.2, 0.25) is 5.82 Å². The molecule has 0 saturated carbocycles. The van der Waals surface area contributed by atoms with Crippen molar-refractivity contribution in [3.05, 3.63) is 188 Å². The van der Waals surface area contributed by atoms with Gasteiger partial charge in [-0.25, -0.2) is 14.4 Å². The zero-order chi connectivity index (χ0) is 51.8. The summed E-state index contributed by atoms with van der Waals surface area (Å²) in [6, 6.07) is 37.6. The van der Waals surface area contributed by atoms with E-state index >= 15 is 0 Å². The number of nitrogen functional groups attached to an aromatic ring is 2. The molecule has 6 aromatic carbocycles. The number of benzene rings is 6. The summed E-state index contributed by atoms with van der Waals surface area (Å²) in [5.74, 6) is -3.85. The molecule has 0 unspecified atom stereocenters. The van der Waals surface area contributed by atoms with Gasteiger partial charge in [-0.3, -0.25) is 25.0 Å². The summed E-state index contributed by atoms with van der Waals surface area (Å²) < 4.78 is 48.7. The van der Waals surface area contributed by atoms with Crippen molar-refractivity contribution in [1.82, 2.24) is 0 Å². The third kappa shape index (κ3) is 28.8. The fourth-order valence-electron chi connectivity index (χ4n) is 4.49. The maximum atomic E-state index is 12.4. The number of nitrogens with one attached hydrogen (secondary N) is 2. The summed E-state index contributed by atoms with van der Waals surface area (Å²) in [5, 5.41) is 61.7. The van der Waals surface area contributed by atoms with Gasteiger partial charge in [-0.2, -0.15) is 21.2 Å². The van der Waals surface area contributed by atoms with Gasteiger partial charge in [0.1, 0.15) is 5.69 Å². The van der Waals surface area contributed by atoms with Crippen molar-refractivity contribution in [3.8, 4) is 0 Å². The molecule has 6 rings (SSSR count). The standard InChI is InChI=1S/C13H10N2O4.C13H12N2O2.C7H7NO2.C6H4FNO2.CH2O3.2Cs.2Na.O4S2.H/c16-13(17)9-5-1-2-6-10(9)14-11-7-3-4-8-12(11)15(18)19;14-10-6-2-4-8-12(10)15-11-7-3-1-5-9(11)13(16)17;8-6-4-2-1-3-5(6)7(9)10;7-5-3-1-2-4-6(5)8(9)10;2-1-4-3;;;;;1-5(2)6(3)4;/h1-8,14H,(H,16,17);1-8,15H,14H2,(H,16,17);1-4H,8H2,(H,9,10);1-4H;1,3H;;;;;;/q;;;;;2*+1;;;;-1/p-1. The first-order chi connectivity index (χ1) is 32.3. The number of carboxylic acid groups (broad SMARTS) is 3. The summed E-state index contributed by atoms with van der Waals surface area (Å²) in [7, 11) is -5.90. The molecule has 0 aliphatic heterocycles. The second kappa shape index (κ2) is 41.3. The van der Waals surface area contributed by atoms with Gasteiger partial charge >= 0.3 is 224 Å². The Balaban J connectivity index is -0.000000396. The topological polar surface area (TPSA) is 392 Å². The number of halogens is 1. The number of rotatable bonds is 10. The van der Waals surface area contributed by atoms with Crippen molar-refractivity contribution in [2.24, 2.45) is 0 Å². The van der Waals surface area contributed by atoms with Crippen molar-refractivity contribution >= 4 is 132 Å². The van der Waals surface area contributed by atoms with E-state index in [1.54, 1.807) is 84.9 Å². The molecule has 350 valence electrons.